The molecule has 1 saturated heterocycles. The van der Waals surface area contributed by atoms with Gasteiger partial charge in [0.15, 0.2) is 0 Å². The minimum absolute atomic E-state index is 0.0272. The number of hydrogen-bond donors (Lipinski definition) is 2. The second kappa shape index (κ2) is 6.29. The van der Waals surface area contributed by atoms with Gasteiger partial charge >= 0.3 is 0 Å². The summed E-state index contributed by atoms with van der Waals surface area (Å²) in [6.07, 6.45) is 4.97. The van der Waals surface area contributed by atoms with Crippen molar-refractivity contribution in [1.29, 1.82) is 0 Å². The molecule has 1 fully saturated rings. The fourth-order valence-electron chi connectivity index (χ4n) is 3.45. The summed E-state index contributed by atoms with van der Waals surface area (Å²) in [5.41, 5.74) is 1.31. The number of H-pyrrole nitrogens is 1. The molecule has 3 aromatic rings. The number of likely N-dealkylation sites (tertiary alicyclic amines) is 1. The summed E-state index contributed by atoms with van der Waals surface area (Å²) in [6.45, 7) is 1.48. The molecular weight excluding hydrogens is 320 g/mol. The molecule has 8 heteroatoms. The molecule has 0 spiro atoms. The number of β-amino-alcohol motifs (C(OH)–C–C–N with tert-alkyl or cyclic N) is 1. The number of nitrogens with one attached hydrogen (secondary N) is 1. The van der Waals surface area contributed by atoms with Crippen LogP contribution in [0, 0.1) is 0 Å². The van der Waals surface area contributed by atoms with E-state index in [2.05, 4.69) is 20.4 Å². The number of rotatable bonds is 4. The molecule has 1 aliphatic heterocycles. The summed E-state index contributed by atoms with van der Waals surface area (Å²) >= 11 is 0. The number of aromatic nitrogens is 5. The Morgan fingerprint density at radius 1 is 1.36 bits per heavy atom. The van der Waals surface area contributed by atoms with E-state index in [1.54, 1.807) is 11.2 Å². The maximum atomic E-state index is 12.6. The number of hydrogen-bond acceptors (Lipinski definition) is 5. The fourth-order valence-corrected chi connectivity index (χ4v) is 3.45. The van der Waals surface area contributed by atoms with Crippen molar-refractivity contribution < 1.29 is 9.90 Å². The predicted molar refractivity (Wildman–Crippen MR) is 90.4 cm³/mol. The van der Waals surface area contributed by atoms with E-state index < -0.39 is 5.60 Å². The van der Waals surface area contributed by atoms with Crippen LogP contribution in [0.1, 0.15) is 25.0 Å². The molecule has 1 amide bonds. The molecule has 3 heterocycles. The summed E-state index contributed by atoms with van der Waals surface area (Å²) in [4.78, 5) is 18.7. The van der Waals surface area contributed by atoms with Gasteiger partial charge in [-0.15, -0.1) is 0 Å². The average Bonchev–Trinajstić information content (AvgIpc) is 3.30. The van der Waals surface area contributed by atoms with Gasteiger partial charge in [-0.1, -0.05) is 12.1 Å². The van der Waals surface area contributed by atoms with Gasteiger partial charge < -0.3 is 14.6 Å². The van der Waals surface area contributed by atoms with Crippen LogP contribution in [0.5, 0.6) is 0 Å². The molecule has 1 atom stereocenters. The largest absolute Gasteiger partial charge is 0.382 e. The zero-order chi connectivity index (χ0) is 17.3. The van der Waals surface area contributed by atoms with Gasteiger partial charge in [-0.05, 0) is 25.0 Å². The van der Waals surface area contributed by atoms with Crippen LogP contribution >= 0.6 is 0 Å². The quantitative estimate of drug-likeness (QED) is 0.739. The van der Waals surface area contributed by atoms with Crippen LogP contribution in [0.2, 0.25) is 0 Å². The molecule has 8 nitrogen and oxygen atoms in total. The third-order valence-electron chi connectivity index (χ3n) is 4.81. The highest BCUT2D eigenvalue weighted by Gasteiger charge is 2.38. The van der Waals surface area contributed by atoms with Gasteiger partial charge in [0.25, 0.3) is 0 Å². The highest BCUT2D eigenvalue weighted by Crippen LogP contribution is 2.30. The van der Waals surface area contributed by atoms with Crippen molar-refractivity contribution in [2.45, 2.75) is 31.4 Å². The molecule has 1 aliphatic rings. The molecule has 0 saturated carbocycles. The van der Waals surface area contributed by atoms with Crippen LogP contribution in [-0.2, 0) is 16.9 Å². The SMILES string of the molecule is O=C(CCn1cnc2ccccc21)N1CCCC(O)(c2cn[nH]n2)C1. The van der Waals surface area contributed by atoms with Crippen molar-refractivity contribution in [3.8, 4) is 0 Å². The first-order valence-corrected chi connectivity index (χ1v) is 8.42. The number of fused-ring (bicyclic) bond motifs is 1. The van der Waals surface area contributed by atoms with Crippen LogP contribution in [0.25, 0.3) is 11.0 Å². The molecule has 1 aromatic carbocycles. The summed E-state index contributed by atoms with van der Waals surface area (Å²) in [5.74, 6) is 0.0272. The smallest absolute Gasteiger partial charge is 0.224 e. The number of aliphatic hydroxyl groups is 1. The lowest BCUT2D eigenvalue weighted by Crippen LogP contribution is -2.48. The molecule has 2 aromatic heterocycles. The molecule has 2 N–H and O–H groups in total. The maximum Gasteiger partial charge on any atom is 0.224 e. The van der Waals surface area contributed by atoms with E-state index in [1.165, 1.54) is 6.20 Å². The number of aromatic amines is 1. The van der Waals surface area contributed by atoms with Gasteiger partial charge in [0.05, 0.1) is 30.1 Å². The molecule has 1 unspecified atom stereocenters. The topological polar surface area (TPSA) is 99.9 Å². The summed E-state index contributed by atoms with van der Waals surface area (Å²) < 4.78 is 1.99. The highest BCUT2D eigenvalue weighted by atomic mass is 16.3. The van der Waals surface area contributed by atoms with E-state index >= 15 is 0 Å². The van der Waals surface area contributed by atoms with Gasteiger partial charge in [0, 0.05) is 19.5 Å². The molecule has 25 heavy (non-hydrogen) atoms. The highest BCUT2D eigenvalue weighted by molar-refractivity contribution is 5.77. The van der Waals surface area contributed by atoms with E-state index in [1.807, 2.05) is 28.8 Å². The summed E-state index contributed by atoms with van der Waals surface area (Å²) in [5, 5.41) is 21.1. The van der Waals surface area contributed by atoms with Crippen LogP contribution in [0.15, 0.2) is 36.8 Å². The molecule has 0 bridgehead atoms. The van der Waals surface area contributed by atoms with Crippen molar-refractivity contribution in [1.82, 2.24) is 29.9 Å². The van der Waals surface area contributed by atoms with Gasteiger partial charge in [-0.25, -0.2) is 4.98 Å². The monoisotopic (exact) mass is 340 g/mol. The van der Waals surface area contributed by atoms with Crippen LogP contribution in [0.3, 0.4) is 0 Å². The van der Waals surface area contributed by atoms with Crippen LogP contribution in [0.4, 0.5) is 0 Å². The summed E-state index contributed by atoms with van der Waals surface area (Å²) in [6, 6.07) is 7.86. The van der Waals surface area contributed by atoms with Crippen molar-refractivity contribution in [3.63, 3.8) is 0 Å². The first kappa shape index (κ1) is 15.8. The number of para-hydroxylation sites is 2. The minimum atomic E-state index is -1.12. The zero-order valence-corrected chi connectivity index (χ0v) is 13.8. The van der Waals surface area contributed by atoms with Gasteiger partial charge in [0.1, 0.15) is 11.3 Å². The first-order valence-electron chi connectivity index (χ1n) is 8.42. The van der Waals surface area contributed by atoms with Crippen molar-refractivity contribution >= 4 is 16.9 Å². The number of aryl methyl sites for hydroxylation is 1. The number of benzene rings is 1. The number of imidazole rings is 1. The standard InChI is InChI=1S/C17H20N6O2/c24-16(6-9-23-12-18-13-4-1-2-5-14(13)23)22-8-3-7-17(25,11-22)15-10-19-21-20-15/h1-2,4-5,10,12,25H,3,6-9,11H2,(H,19,20,21). The van der Waals surface area contributed by atoms with E-state index in [9.17, 15) is 9.90 Å². The Hall–Kier alpha value is -2.74. The van der Waals surface area contributed by atoms with Gasteiger partial charge in [-0.3, -0.25) is 4.79 Å². The van der Waals surface area contributed by atoms with E-state index in [0.717, 1.165) is 17.5 Å². The average molecular weight is 340 g/mol. The number of carbonyl (C=O) groups is 1. The fraction of sp³-hybridized carbons (Fsp3) is 0.412. The molecule has 0 radical (unpaired) electrons. The lowest BCUT2D eigenvalue weighted by Gasteiger charge is -2.38. The van der Waals surface area contributed by atoms with Gasteiger partial charge in [0.2, 0.25) is 5.91 Å². The van der Waals surface area contributed by atoms with Crippen molar-refractivity contribution in [2.24, 2.45) is 0 Å². The Morgan fingerprint density at radius 3 is 3.08 bits per heavy atom. The lowest BCUT2D eigenvalue weighted by atomic mass is 9.90. The Balaban J connectivity index is 1.42. The van der Waals surface area contributed by atoms with Crippen molar-refractivity contribution in [2.75, 3.05) is 13.1 Å². The second-order valence-electron chi connectivity index (χ2n) is 6.48. The zero-order valence-electron chi connectivity index (χ0n) is 13.8. The maximum absolute atomic E-state index is 12.6. The van der Waals surface area contributed by atoms with Crippen LogP contribution < -0.4 is 0 Å². The number of carbonyl (C=O) groups excluding carboxylic acids is 1. The Bertz CT molecular complexity index is 874. The van der Waals surface area contributed by atoms with Gasteiger partial charge in [-0.2, -0.15) is 15.4 Å². The first-order chi connectivity index (χ1) is 12.2. The Labute approximate surface area is 144 Å². The molecule has 130 valence electrons. The normalized spacial score (nSPS) is 20.9. The number of nitrogens with zero attached hydrogens (tertiary/aromatic N) is 5. The molecule has 4 rings (SSSR count). The van der Waals surface area contributed by atoms with E-state index in [-0.39, 0.29) is 12.5 Å². The second-order valence-corrected chi connectivity index (χ2v) is 6.48. The minimum Gasteiger partial charge on any atom is -0.382 e. The number of piperidine rings is 1. The van der Waals surface area contributed by atoms with E-state index in [0.29, 0.717) is 31.6 Å². The Morgan fingerprint density at radius 2 is 2.24 bits per heavy atom. The van der Waals surface area contributed by atoms with Crippen molar-refractivity contribution in [3.05, 3.63) is 42.5 Å². The predicted octanol–water partition coefficient (Wildman–Crippen LogP) is 1.05. The molecular formula is C17H20N6O2. The van der Waals surface area contributed by atoms with E-state index in [4.69, 9.17) is 0 Å². The third kappa shape index (κ3) is 3.00. The Kier molecular flexibility index (Phi) is 3.96. The lowest BCUT2D eigenvalue weighted by molar-refractivity contribution is -0.139. The molecule has 0 aliphatic carbocycles. The summed E-state index contributed by atoms with van der Waals surface area (Å²) in [7, 11) is 0. The number of amides is 1. The third-order valence-corrected chi connectivity index (χ3v) is 4.81. The van der Waals surface area contributed by atoms with Crippen LogP contribution in [-0.4, -0.2) is 54.0 Å².